The third-order valence-electron chi connectivity index (χ3n) is 4.81. The van der Waals surface area contributed by atoms with E-state index in [4.69, 9.17) is 0 Å². The van der Waals surface area contributed by atoms with Crippen molar-refractivity contribution in [1.82, 2.24) is 5.32 Å². The van der Waals surface area contributed by atoms with Gasteiger partial charge in [-0.05, 0) is 42.9 Å². The van der Waals surface area contributed by atoms with Crippen LogP contribution >= 0.6 is 0 Å². The van der Waals surface area contributed by atoms with Gasteiger partial charge in [0.05, 0.1) is 5.92 Å². The molecule has 2 amide bonds. The first-order valence-electron chi connectivity index (χ1n) is 8.42. The van der Waals surface area contributed by atoms with Crippen molar-refractivity contribution in [2.24, 2.45) is 11.8 Å². The van der Waals surface area contributed by atoms with Crippen LogP contribution in [0.15, 0.2) is 24.3 Å². The van der Waals surface area contributed by atoms with Gasteiger partial charge in [0, 0.05) is 18.7 Å². The Bertz CT molecular complexity index is 651. The molecule has 6 heteroatoms. The highest BCUT2D eigenvalue weighted by Gasteiger charge is 2.41. The van der Waals surface area contributed by atoms with Gasteiger partial charge >= 0.3 is 5.97 Å². The van der Waals surface area contributed by atoms with Crippen LogP contribution in [-0.2, 0) is 20.8 Å². The number of nitrogens with zero attached hydrogens (tertiary/aromatic N) is 1. The van der Waals surface area contributed by atoms with Gasteiger partial charge in [0.1, 0.15) is 6.04 Å². The molecule has 0 radical (unpaired) electrons. The van der Waals surface area contributed by atoms with Crippen molar-refractivity contribution in [1.29, 1.82) is 0 Å². The van der Waals surface area contributed by atoms with Gasteiger partial charge in [-0.3, -0.25) is 9.59 Å². The molecule has 1 aliphatic carbocycles. The minimum Gasteiger partial charge on any atom is -0.480 e. The maximum atomic E-state index is 12.4. The number of carbonyl (C=O) groups excluding carboxylic acids is 2. The summed E-state index contributed by atoms with van der Waals surface area (Å²) in [4.78, 5) is 37.5. The number of anilines is 1. The molecule has 0 spiro atoms. The fourth-order valence-corrected chi connectivity index (χ4v) is 3.13. The van der Waals surface area contributed by atoms with Gasteiger partial charge in [-0.1, -0.05) is 19.1 Å². The van der Waals surface area contributed by atoms with E-state index in [0.29, 0.717) is 6.54 Å². The summed E-state index contributed by atoms with van der Waals surface area (Å²) in [5.74, 6) is -1.90. The number of aryl methyl sites for hydroxylation is 1. The summed E-state index contributed by atoms with van der Waals surface area (Å²) < 4.78 is 0. The Morgan fingerprint density at radius 2 is 1.96 bits per heavy atom. The van der Waals surface area contributed by atoms with Crippen LogP contribution in [0.2, 0.25) is 0 Å². The fraction of sp³-hybridized carbons (Fsp3) is 0.500. The Hall–Kier alpha value is -2.37. The minimum atomic E-state index is -0.998. The van der Waals surface area contributed by atoms with Crippen molar-refractivity contribution in [2.75, 3.05) is 11.4 Å². The second kappa shape index (κ2) is 6.63. The monoisotopic (exact) mass is 330 g/mol. The zero-order chi connectivity index (χ0) is 17.3. The van der Waals surface area contributed by atoms with E-state index in [9.17, 15) is 19.5 Å². The second-order valence-corrected chi connectivity index (χ2v) is 6.59. The highest BCUT2D eigenvalue weighted by atomic mass is 16.4. The number of amides is 2. The maximum absolute atomic E-state index is 12.4. The number of carboxylic acids is 1. The van der Waals surface area contributed by atoms with Gasteiger partial charge in [-0.25, -0.2) is 4.79 Å². The quantitative estimate of drug-likeness (QED) is 0.829. The number of hydrogen-bond acceptors (Lipinski definition) is 3. The number of hydrogen-bond donors (Lipinski definition) is 2. The molecule has 3 rings (SSSR count). The summed E-state index contributed by atoms with van der Waals surface area (Å²) in [7, 11) is 0. The van der Waals surface area contributed by atoms with Crippen LogP contribution in [0.25, 0.3) is 0 Å². The van der Waals surface area contributed by atoms with E-state index >= 15 is 0 Å². The van der Waals surface area contributed by atoms with Gasteiger partial charge in [0.2, 0.25) is 11.8 Å². The standard InChI is InChI=1S/C18H22N2O4/c1-2-11-3-7-14(8-4-11)20-10-13(9-15(20)21)17(22)19-16(18(23)24)12-5-6-12/h3-4,7-8,12-13,16H,2,5-6,9-10H2,1H3,(H,19,22)(H,23,24). The molecule has 0 aromatic heterocycles. The average Bonchev–Trinajstić information content (AvgIpc) is 3.33. The summed E-state index contributed by atoms with van der Waals surface area (Å²) in [6, 6.07) is 6.90. The Morgan fingerprint density at radius 1 is 1.29 bits per heavy atom. The predicted octanol–water partition coefficient (Wildman–Crippen LogP) is 1.58. The molecular formula is C18H22N2O4. The lowest BCUT2D eigenvalue weighted by Crippen LogP contribution is -2.45. The lowest BCUT2D eigenvalue weighted by Gasteiger charge is -2.18. The summed E-state index contributed by atoms with van der Waals surface area (Å²) in [6.45, 7) is 2.36. The highest BCUT2D eigenvalue weighted by Crippen LogP contribution is 2.33. The fourth-order valence-electron chi connectivity index (χ4n) is 3.13. The van der Waals surface area contributed by atoms with E-state index in [1.54, 1.807) is 4.90 Å². The molecule has 2 fully saturated rings. The molecule has 2 N–H and O–H groups in total. The Morgan fingerprint density at radius 3 is 2.50 bits per heavy atom. The average molecular weight is 330 g/mol. The van der Waals surface area contributed by atoms with Crippen molar-refractivity contribution in [3.05, 3.63) is 29.8 Å². The minimum absolute atomic E-state index is 0.0289. The summed E-state index contributed by atoms with van der Waals surface area (Å²) in [5.41, 5.74) is 1.97. The SMILES string of the molecule is CCc1ccc(N2CC(C(=O)NC(C(=O)O)C3CC3)CC2=O)cc1. The van der Waals surface area contributed by atoms with Crippen LogP contribution in [0.5, 0.6) is 0 Å². The first-order chi connectivity index (χ1) is 11.5. The normalized spacial score (nSPS) is 21.6. The van der Waals surface area contributed by atoms with E-state index < -0.39 is 17.9 Å². The van der Waals surface area contributed by atoms with E-state index in [2.05, 4.69) is 12.2 Å². The van der Waals surface area contributed by atoms with E-state index in [1.807, 2.05) is 24.3 Å². The molecule has 2 aliphatic rings. The molecule has 1 aliphatic heterocycles. The molecule has 24 heavy (non-hydrogen) atoms. The number of rotatable bonds is 6. The Kier molecular flexibility index (Phi) is 4.55. The van der Waals surface area contributed by atoms with E-state index in [-0.39, 0.29) is 24.2 Å². The van der Waals surface area contributed by atoms with Crippen LogP contribution in [0, 0.1) is 11.8 Å². The van der Waals surface area contributed by atoms with Crippen LogP contribution in [0.1, 0.15) is 31.7 Å². The van der Waals surface area contributed by atoms with E-state index in [1.165, 1.54) is 5.56 Å². The molecule has 1 heterocycles. The van der Waals surface area contributed by atoms with Crippen molar-refractivity contribution in [3.8, 4) is 0 Å². The van der Waals surface area contributed by atoms with Crippen LogP contribution in [0.4, 0.5) is 5.69 Å². The summed E-state index contributed by atoms with van der Waals surface area (Å²) >= 11 is 0. The first-order valence-corrected chi connectivity index (χ1v) is 8.42. The molecule has 1 saturated heterocycles. The van der Waals surface area contributed by atoms with Gasteiger partial charge in [0.25, 0.3) is 0 Å². The van der Waals surface area contributed by atoms with Crippen LogP contribution in [-0.4, -0.2) is 35.5 Å². The molecule has 0 bridgehead atoms. The highest BCUT2D eigenvalue weighted by molar-refractivity contribution is 6.00. The van der Waals surface area contributed by atoms with Crippen molar-refractivity contribution in [2.45, 2.75) is 38.6 Å². The number of nitrogens with one attached hydrogen (secondary N) is 1. The van der Waals surface area contributed by atoms with Gasteiger partial charge < -0.3 is 15.3 Å². The third kappa shape index (κ3) is 3.42. The first kappa shape index (κ1) is 16.5. The molecule has 1 aromatic carbocycles. The number of aliphatic carboxylic acids is 1. The van der Waals surface area contributed by atoms with Gasteiger partial charge in [-0.15, -0.1) is 0 Å². The molecule has 1 saturated carbocycles. The zero-order valence-electron chi connectivity index (χ0n) is 13.7. The summed E-state index contributed by atoms with van der Waals surface area (Å²) in [5, 5.41) is 11.8. The number of carboxylic acid groups (broad SMARTS) is 1. The van der Waals surface area contributed by atoms with Gasteiger partial charge in [0.15, 0.2) is 0 Å². The van der Waals surface area contributed by atoms with Crippen LogP contribution < -0.4 is 10.2 Å². The molecule has 128 valence electrons. The van der Waals surface area contributed by atoms with Crippen molar-refractivity contribution in [3.63, 3.8) is 0 Å². The van der Waals surface area contributed by atoms with Crippen LogP contribution in [0.3, 0.4) is 0 Å². The Labute approximate surface area is 140 Å². The molecule has 2 atom stereocenters. The van der Waals surface area contributed by atoms with E-state index in [0.717, 1.165) is 24.9 Å². The van der Waals surface area contributed by atoms with Gasteiger partial charge in [-0.2, -0.15) is 0 Å². The predicted molar refractivity (Wildman–Crippen MR) is 88.6 cm³/mol. The maximum Gasteiger partial charge on any atom is 0.326 e. The zero-order valence-corrected chi connectivity index (χ0v) is 13.7. The molecular weight excluding hydrogens is 308 g/mol. The van der Waals surface area contributed by atoms with Crippen molar-refractivity contribution < 1.29 is 19.5 Å². The number of benzene rings is 1. The third-order valence-corrected chi connectivity index (χ3v) is 4.81. The smallest absolute Gasteiger partial charge is 0.326 e. The van der Waals surface area contributed by atoms with Crippen molar-refractivity contribution >= 4 is 23.5 Å². The lowest BCUT2D eigenvalue weighted by atomic mass is 10.1. The topological polar surface area (TPSA) is 86.7 Å². The molecule has 6 nitrogen and oxygen atoms in total. The summed E-state index contributed by atoms with van der Waals surface area (Å²) in [6.07, 6.45) is 2.71. The Balaban J connectivity index is 1.64. The molecule has 1 aromatic rings. The molecule has 2 unspecified atom stereocenters. The largest absolute Gasteiger partial charge is 0.480 e. The lowest BCUT2D eigenvalue weighted by molar-refractivity contribution is -0.143. The second-order valence-electron chi connectivity index (χ2n) is 6.59. The number of carbonyl (C=O) groups is 3.